The van der Waals surface area contributed by atoms with E-state index in [0.717, 1.165) is 6.07 Å². The van der Waals surface area contributed by atoms with Crippen molar-refractivity contribution in [3.05, 3.63) is 29.3 Å². The summed E-state index contributed by atoms with van der Waals surface area (Å²) in [5, 5.41) is 8.68. The summed E-state index contributed by atoms with van der Waals surface area (Å²) in [7, 11) is 1.26. The van der Waals surface area contributed by atoms with Crippen LogP contribution in [-0.2, 0) is 11.2 Å². The predicted molar refractivity (Wildman–Crippen MR) is 53.4 cm³/mol. The number of hydrogen-bond acceptors (Lipinski definition) is 2. The minimum absolute atomic E-state index is 0.0889. The zero-order valence-corrected chi connectivity index (χ0v) is 8.96. The van der Waals surface area contributed by atoms with Crippen LogP contribution < -0.4 is 4.74 Å². The lowest BCUT2D eigenvalue weighted by Gasteiger charge is -2.10. The van der Waals surface area contributed by atoms with Crippen LogP contribution in [0.15, 0.2) is 12.1 Å². The standard InChI is InChI=1S/C11H12F2O3/c1-6(11(14)15)5-7-8(12)3-4-9(16-2)10(7)13/h3-4,6H,5H2,1-2H3,(H,14,15). The second-order valence-corrected chi connectivity index (χ2v) is 3.49. The zero-order valence-electron chi connectivity index (χ0n) is 8.96. The molecule has 88 valence electrons. The quantitative estimate of drug-likeness (QED) is 0.862. The van der Waals surface area contributed by atoms with E-state index in [2.05, 4.69) is 0 Å². The fraction of sp³-hybridized carbons (Fsp3) is 0.364. The summed E-state index contributed by atoms with van der Waals surface area (Å²) in [6, 6.07) is 2.23. The van der Waals surface area contributed by atoms with E-state index in [0.29, 0.717) is 0 Å². The van der Waals surface area contributed by atoms with E-state index in [9.17, 15) is 13.6 Å². The smallest absolute Gasteiger partial charge is 0.306 e. The van der Waals surface area contributed by atoms with Crippen LogP contribution in [0.3, 0.4) is 0 Å². The molecule has 1 aromatic rings. The van der Waals surface area contributed by atoms with Crippen LogP contribution in [-0.4, -0.2) is 18.2 Å². The van der Waals surface area contributed by atoms with Crippen LogP contribution in [0, 0.1) is 17.6 Å². The first kappa shape index (κ1) is 12.4. The fourth-order valence-corrected chi connectivity index (χ4v) is 1.31. The fourth-order valence-electron chi connectivity index (χ4n) is 1.31. The van der Waals surface area contributed by atoms with Crippen LogP contribution >= 0.6 is 0 Å². The minimum atomic E-state index is -1.10. The van der Waals surface area contributed by atoms with Crippen molar-refractivity contribution in [1.82, 2.24) is 0 Å². The molecule has 0 fully saturated rings. The molecular formula is C11H12F2O3. The second kappa shape index (κ2) is 4.92. The van der Waals surface area contributed by atoms with Gasteiger partial charge in [0.1, 0.15) is 5.82 Å². The van der Waals surface area contributed by atoms with E-state index < -0.39 is 23.5 Å². The van der Waals surface area contributed by atoms with Gasteiger partial charge in [-0.15, -0.1) is 0 Å². The summed E-state index contributed by atoms with van der Waals surface area (Å²) in [5.74, 6) is -3.63. The first-order chi connectivity index (χ1) is 7.47. The van der Waals surface area contributed by atoms with Gasteiger partial charge in [-0.3, -0.25) is 4.79 Å². The third kappa shape index (κ3) is 2.48. The lowest BCUT2D eigenvalue weighted by Crippen LogP contribution is -2.14. The third-order valence-corrected chi connectivity index (χ3v) is 2.30. The van der Waals surface area contributed by atoms with Crippen molar-refractivity contribution in [3.63, 3.8) is 0 Å². The molecule has 1 unspecified atom stereocenters. The highest BCUT2D eigenvalue weighted by molar-refractivity contribution is 5.70. The second-order valence-electron chi connectivity index (χ2n) is 3.49. The molecule has 0 spiro atoms. The van der Waals surface area contributed by atoms with Gasteiger partial charge < -0.3 is 9.84 Å². The van der Waals surface area contributed by atoms with Crippen molar-refractivity contribution >= 4 is 5.97 Å². The Morgan fingerprint density at radius 1 is 1.50 bits per heavy atom. The lowest BCUT2D eigenvalue weighted by molar-refractivity contribution is -0.141. The van der Waals surface area contributed by atoms with Gasteiger partial charge in [-0.2, -0.15) is 0 Å². The number of ether oxygens (including phenoxy) is 1. The normalized spacial score (nSPS) is 12.2. The molecule has 1 N–H and O–H groups in total. The Hall–Kier alpha value is -1.65. The maximum Gasteiger partial charge on any atom is 0.306 e. The van der Waals surface area contributed by atoms with Gasteiger partial charge in [0.15, 0.2) is 11.6 Å². The van der Waals surface area contributed by atoms with E-state index in [1.807, 2.05) is 0 Å². The van der Waals surface area contributed by atoms with Crippen LogP contribution in [0.5, 0.6) is 5.75 Å². The van der Waals surface area contributed by atoms with Gasteiger partial charge in [0.05, 0.1) is 13.0 Å². The van der Waals surface area contributed by atoms with Gasteiger partial charge in [-0.05, 0) is 18.6 Å². The number of carboxylic acids is 1. The molecular weight excluding hydrogens is 218 g/mol. The molecule has 0 heterocycles. The van der Waals surface area contributed by atoms with Gasteiger partial charge >= 0.3 is 5.97 Å². The Bertz CT molecular complexity index is 404. The van der Waals surface area contributed by atoms with Crippen LogP contribution in [0.2, 0.25) is 0 Å². The third-order valence-electron chi connectivity index (χ3n) is 2.30. The number of rotatable bonds is 4. The zero-order chi connectivity index (χ0) is 12.3. The van der Waals surface area contributed by atoms with E-state index in [1.165, 1.54) is 20.1 Å². The number of carbonyl (C=O) groups is 1. The summed E-state index contributed by atoms with van der Waals surface area (Å²) in [5.41, 5.74) is -0.255. The van der Waals surface area contributed by atoms with Crippen LogP contribution in [0.1, 0.15) is 12.5 Å². The first-order valence-electron chi connectivity index (χ1n) is 4.71. The average molecular weight is 230 g/mol. The average Bonchev–Trinajstić information content (AvgIpc) is 2.24. The summed E-state index contributed by atoms with van der Waals surface area (Å²) in [6.07, 6.45) is -0.204. The van der Waals surface area contributed by atoms with Crippen molar-refractivity contribution in [3.8, 4) is 5.75 Å². The Balaban J connectivity index is 3.07. The molecule has 0 aliphatic rings. The molecule has 1 atom stereocenters. The molecule has 0 aliphatic heterocycles. The Kier molecular flexibility index (Phi) is 3.82. The van der Waals surface area contributed by atoms with Crippen LogP contribution in [0.25, 0.3) is 0 Å². The molecule has 1 aromatic carbocycles. The predicted octanol–water partition coefficient (Wildman–Crippen LogP) is 2.24. The van der Waals surface area contributed by atoms with Crippen molar-refractivity contribution in [2.24, 2.45) is 5.92 Å². The maximum absolute atomic E-state index is 13.6. The summed E-state index contributed by atoms with van der Waals surface area (Å²) >= 11 is 0. The Morgan fingerprint density at radius 2 is 2.12 bits per heavy atom. The summed E-state index contributed by atoms with van der Waals surface area (Å²) < 4.78 is 31.6. The number of methoxy groups -OCH3 is 1. The number of benzene rings is 1. The van der Waals surface area contributed by atoms with Gasteiger partial charge in [0, 0.05) is 5.56 Å². The van der Waals surface area contributed by atoms with Crippen LogP contribution in [0.4, 0.5) is 8.78 Å². The highest BCUT2D eigenvalue weighted by Gasteiger charge is 2.20. The van der Waals surface area contributed by atoms with Crippen molar-refractivity contribution in [1.29, 1.82) is 0 Å². The van der Waals surface area contributed by atoms with Crippen molar-refractivity contribution in [2.45, 2.75) is 13.3 Å². The van der Waals surface area contributed by atoms with Gasteiger partial charge in [0.25, 0.3) is 0 Å². The highest BCUT2D eigenvalue weighted by atomic mass is 19.1. The van der Waals surface area contributed by atoms with E-state index in [4.69, 9.17) is 9.84 Å². The van der Waals surface area contributed by atoms with Crippen molar-refractivity contribution < 1.29 is 23.4 Å². The molecule has 0 saturated carbocycles. The minimum Gasteiger partial charge on any atom is -0.494 e. The number of hydrogen-bond donors (Lipinski definition) is 1. The van der Waals surface area contributed by atoms with E-state index in [-0.39, 0.29) is 17.7 Å². The van der Waals surface area contributed by atoms with Gasteiger partial charge in [-0.25, -0.2) is 8.78 Å². The topological polar surface area (TPSA) is 46.5 Å². The Morgan fingerprint density at radius 3 is 2.62 bits per heavy atom. The van der Waals surface area contributed by atoms with Gasteiger partial charge in [-0.1, -0.05) is 6.92 Å². The molecule has 16 heavy (non-hydrogen) atoms. The molecule has 3 nitrogen and oxygen atoms in total. The SMILES string of the molecule is COc1ccc(F)c(CC(C)C(=O)O)c1F. The lowest BCUT2D eigenvalue weighted by atomic mass is 10.00. The first-order valence-corrected chi connectivity index (χ1v) is 4.71. The molecule has 0 bridgehead atoms. The molecule has 0 amide bonds. The molecule has 1 rings (SSSR count). The Labute approximate surface area is 91.7 Å². The summed E-state index contributed by atoms with van der Waals surface area (Å²) in [6.45, 7) is 1.39. The molecule has 0 aliphatic carbocycles. The summed E-state index contributed by atoms with van der Waals surface area (Å²) in [4.78, 5) is 10.6. The molecule has 0 aromatic heterocycles. The molecule has 5 heteroatoms. The number of halogens is 2. The number of aliphatic carboxylic acids is 1. The van der Waals surface area contributed by atoms with E-state index >= 15 is 0 Å². The van der Waals surface area contributed by atoms with E-state index in [1.54, 1.807) is 0 Å². The van der Waals surface area contributed by atoms with Crippen molar-refractivity contribution in [2.75, 3.05) is 7.11 Å². The maximum atomic E-state index is 13.6. The molecule has 0 saturated heterocycles. The monoisotopic (exact) mass is 230 g/mol. The molecule has 0 radical (unpaired) electrons. The van der Waals surface area contributed by atoms with Gasteiger partial charge in [0.2, 0.25) is 0 Å². The largest absolute Gasteiger partial charge is 0.494 e. The highest BCUT2D eigenvalue weighted by Crippen LogP contribution is 2.25. The number of carboxylic acid groups (broad SMARTS) is 1.